The second-order valence-corrected chi connectivity index (χ2v) is 6.03. The quantitative estimate of drug-likeness (QED) is 0.862. The topological polar surface area (TPSA) is 79.3 Å². The summed E-state index contributed by atoms with van der Waals surface area (Å²) in [5, 5.41) is 11.7. The predicted octanol–water partition coefficient (Wildman–Crippen LogP) is 1.94. The number of carbonyl (C=O) groups is 2. The Balaban J connectivity index is 2.72. The van der Waals surface area contributed by atoms with Crippen molar-refractivity contribution in [3.8, 4) is 0 Å². The first-order chi connectivity index (χ1) is 9.20. The van der Waals surface area contributed by atoms with Crippen LogP contribution in [0.25, 0.3) is 0 Å². The first kappa shape index (κ1) is 16.1. The maximum absolute atomic E-state index is 12.1. The van der Waals surface area contributed by atoms with Crippen molar-refractivity contribution in [1.29, 1.82) is 0 Å². The Morgan fingerprint density at radius 3 is 2.55 bits per heavy atom. The molecule has 5 heteroatoms. The molecule has 0 aliphatic carbocycles. The molecule has 0 aromatic carbocycles. The third-order valence-electron chi connectivity index (χ3n) is 3.21. The van der Waals surface area contributed by atoms with Crippen molar-refractivity contribution in [2.24, 2.45) is 5.41 Å². The fourth-order valence-electron chi connectivity index (χ4n) is 1.85. The Bertz CT molecular complexity index is 492. The molecule has 20 heavy (non-hydrogen) atoms. The largest absolute Gasteiger partial charge is 0.481 e. The molecule has 0 bridgehead atoms. The Morgan fingerprint density at radius 2 is 2.05 bits per heavy atom. The van der Waals surface area contributed by atoms with Crippen LogP contribution in [0.1, 0.15) is 38.4 Å². The molecular formula is C15H22N2O3. The number of rotatable bonds is 5. The van der Waals surface area contributed by atoms with Gasteiger partial charge in [0.25, 0.3) is 0 Å². The van der Waals surface area contributed by atoms with Crippen molar-refractivity contribution in [3.05, 3.63) is 29.6 Å². The van der Waals surface area contributed by atoms with E-state index >= 15 is 0 Å². The van der Waals surface area contributed by atoms with Crippen LogP contribution >= 0.6 is 0 Å². The number of carboxylic acid groups (broad SMARTS) is 1. The average Bonchev–Trinajstić information content (AvgIpc) is 2.29. The molecule has 1 heterocycles. The number of nitrogens with zero attached hydrogens (tertiary/aromatic N) is 1. The summed E-state index contributed by atoms with van der Waals surface area (Å²) >= 11 is 0. The number of carbonyl (C=O) groups excluding carboxylic acids is 1. The van der Waals surface area contributed by atoms with E-state index in [1.807, 2.05) is 39.8 Å². The third-order valence-corrected chi connectivity index (χ3v) is 3.21. The van der Waals surface area contributed by atoms with Crippen LogP contribution in [0, 0.1) is 12.3 Å². The summed E-state index contributed by atoms with van der Waals surface area (Å²) in [7, 11) is 0. The molecule has 0 aliphatic rings. The molecule has 0 saturated heterocycles. The molecule has 2 N–H and O–H groups in total. The fraction of sp³-hybridized carbons (Fsp3) is 0.533. The van der Waals surface area contributed by atoms with E-state index in [2.05, 4.69) is 10.3 Å². The van der Waals surface area contributed by atoms with E-state index in [9.17, 15) is 9.59 Å². The average molecular weight is 278 g/mol. The summed E-state index contributed by atoms with van der Waals surface area (Å²) in [5.41, 5.74) is 1.36. The van der Waals surface area contributed by atoms with Gasteiger partial charge in [0.2, 0.25) is 5.91 Å². The van der Waals surface area contributed by atoms with Gasteiger partial charge in [-0.2, -0.15) is 0 Å². The molecule has 5 nitrogen and oxygen atoms in total. The lowest BCUT2D eigenvalue weighted by Crippen LogP contribution is -2.45. The number of hydrogen-bond donors (Lipinski definition) is 2. The molecular weight excluding hydrogens is 256 g/mol. The normalized spacial score (nSPS) is 12.8. The second-order valence-electron chi connectivity index (χ2n) is 6.03. The lowest BCUT2D eigenvalue weighted by atomic mass is 9.84. The molecule has 0 saturated carbocycles. The minimum absolute atomic E-state index is 0.0869. The van der Waals surface area contributed by atoms with Gasteiger partial charge in [-0.25, -0.2) is 0 Å². The van der Waals surface area contributed by atoms with Gasteiger partial charge in [0, 0.05) is 12.2 Å². The van der Waals surface area contributed by atoms with Crippen LogP contribution in [0.2, 0.25) is 0 Å². The summed E-state index contributed by atoms with van der Waals surface area (Å²) in [6, 6.07) is 3.31. The summed E-state index contributed by atoms with van der Waals surface area (Å²) in [4.78, 5) is 27.1. The number of nitrogens with one attached hydrogen (secondary N) is 1. The summed E-state index contributed by atoms with van der Waals surface area (Å²) in [6.45, 7) is 7.63. The zero-order valence-electron chi connectivity index (χ0n) is 12.4. The Labute approximate surface area is 119 Å². The van der Waals surface area contributed by atoms with E-state index in [4.69, 9.17) is 5.11 Å². The highest BCUT2D eigenvalue weighted by molar-refractivity contribution is 5.79. The molecule has 1 rings (SSSR count). The monoisotopic (exact) mass is 278 g/mol. The van der Waals surface area contributed by atoms with E-state index in [1.165, 1.54) is 0 Å². The van der Waals surface area contributed by atoms with Crippen LogP contribution in [-0.4, -0.2) is 28.0 Å². The lowest BCUT2D eigenvalue weighted by molar-refractivity contribution is -0.138. The van der Waals surface area contributed by atoms with E-state index in [0.717, 1.165) is 5.56 Å². The van der Waals surface area contributed by atoms with E-state index in [1.54, 1.807) is 6.20 Å². The van der Waals surface area contributed by atoms with E-state index < -0.39 is 12.0 Å². The number of hydrogen-bond acceptors (Lipinski definition) is 3. The number of aryl methyl sites for hydroxylation is 1. The SMILES string of the molecule is Cc1cccnc1CC(=O)NC(CC(=O)O)C(C)(C)C. The van der Waals surface area contributed by atoms with Crippen molar-refractivity contribution in [3.63, 3.8) is 0 Å². The van der Waals surface area contributed by atoms with Crippen LogP contribution in [0.4, 0.5) is 0 Å². The lowest BCUT2D eigenvalue weighted by Gasteiger charge is -2.30. The van der Waals surface area contributed by atoms with Crippen LogP contribution in [0.15, 0.2) is 18.3 Å². The first-order valence-corrected chi connectivity index (χ1v) is 6.62. The molecule has 1 aromatic heterocycles. The van der Waals surface area contributed by atoms with Crippen molar-refractivity contribution in [1.82, 2.24) is 10.3 Å². The molecule has 0 radical (unpaired) electrons. The molecule has 1 amide bonds. The third kappa shape index (κ3) is 4.99. The Kier molecular flexibility index (Phi) is 5.25. The molecule has 0 aliphatic heterocycles. The van der Waals surface area contributed by atoms with Gasteiger partial charge in [-0.1, -0.05) is 26.8 Å². The van der Waals surface area contributed by atoms with Gasteiger partial charge in [-0.05, 0) is 24.0 Å². The number of aromatic nitrogens is 1. The van der Waals surface area contributed by atoms with Gasteiger partial charge < -0.3 is 10.4 Å². The smallest absolute Gasteiger partial charge is 0.305 e. The maximum Gasteiger partial charge on any atom is 0.305 e. The van der Waals surface area contributed by atoms with Crippen LogP contribution in [-0.2, 0) is 16.0 Å². The van der Waals surface area contributed by atoms with Gasteiger partial charge in [0.1, 0.15) is 0 Å². The number of aliphatic carboxylic acids is 1. The first-order valence-electron chi connectivity index (χ1n) is 6.62. The predicted molar refractivity (Wildman–Crippen MR) is 76.3 cm³/mol. The number of pyridine rings is 1. The highest BCUT2D eigenvalue weighted by atomic mass is 16.4. The van der Waals surface area contributed by atoms with Crippen molar-refractivity contribution in [2.75, 3.05) is 0 Å². The Morgan fingerprint density at radius 1 is 1.40 bits per heavy atom. The van der Waals surface area contributed by atoms with Crippen LogP contribution in [0.3, 0.4) is 0 Å². The molecule has 1 aromatic rings. The minimum Gasteiger partial charge on any atom is -0.481 e. The second kappa shape index (κ2) is 6.50. The molecule has 1 unspecified atom stereocenters. The molecule has 1 atom stereocenters. The van der Waals surface area contributed by atoms with Crippen LogP contribution < -0.4 is 5.32 Å². The van der Waals surface area contributed by atoms with Crippen molar-refractivity contribution < 1.29 is 14.7 Å². The number of carboxylic acids is 1. The van der Waals surface area contributed by atoms with Gasteiger partial charge >= 0.3 is 5.97 Å². The van der Waals surface area contributed by atoms with E-state index in [-0.39, 0.29) is 24.2 Å². The molecule has 0 spiro atoms. The highest BCUT2D eigenvalue weighted by Crippen LogP contribution is 2.22. The van der Waals surface area contributed by atoms with Gasteiger partial charge in [-0.15, -0.1) is 0 Å². The minimum atomic E-state index is -0.917. The van der Waals surface area contributed by atoms with Crippen molar-refractivity contribution >= 4 is 11.9 Å². The number of amides is 1. The fourth-order valence-corrected chi connectivity index (χ4v) is 1.85. The highest BCUT2D eigenvalue weighted by Gasteiger charge is 2.28. The van der Waals surface area contributed by atoms with Crippen LogP contribution in [0.5, 0.6) is 0 Å². The van der Waals surface area contributed by atoms with Gasteiger partial charge in [-0.3, -0.25) is 14.6 Å². The Hall–Kier alpha value is -1.91. The van der Waals surface area contributed by atoms with E-state index in [0.29, 0.717) is 5.69 Å². The van der Waals surface area contributed by atoms with Crippen molar-refractivity contribution in [2.45, 2.75) is 46.6 Å². The zero-order chi connectivity index (χ0) is 15.3. The summed E-state index contributed by atoms with van der Waals surface area (Å²) in [6.07, 6.45) is 1.73. The summed E-state index contributed by atoms with van der Waals surface area (Å²) < 4.78 is 0. The molecule has 0 fully saturated rings. The standard InChI is InChI=1S/C15H22N2O3/c1-10-6-5-7-16-11(10)8-13(18)17-12(9-14(19)20)15(2,3)4/h5-7,12H,8-9H2,1-4H3,(H,17,18)(H,19,20). The zero-order valence-corrected chi connectivity index (χ0v) is 12.4. The van der Waals surface area contributed by atoms with Gasteiger partial charge in [0.15, 0.2) is 0 Å². The maximum atomic E-state index is 12.1. The summed E-state index contributed by atoms with van der Waals surface area (Å²) in [5.74, 6) is -1.12. The molecule has 110 valence electrons. The van der Waals surface area contributed by atoms with Gasteiger partial charge in [0.05, 0.1) is 18.5 Å².